The van der Waals surface area contributed by atoms with E-state index < -0.39 is 47.8 Å². The normalized spacial score (nSPS) is 17.0. The number of likely N-dealkylation sites (N-methyl/N-ethyl adjacent to an activating group) is 3. The Kier molecular flexibility index (Phi) is 30.6. The maximum absolute atomic E-state index is 12.9. The first-order valence-electron chi connectivity index (χ1n) is 36.6. The van der Waals surface area contributed by atoms with Crippen molar-refractivity contribution >= 4 is 128 Å². The molecular formula is C81H100ClN11O15S5. The third kappa shape index (κ3) is 22.4. The second-order valence-corrected chi connectivity index (χ2v) is 37.0. The Hall–Kier alpha value is -9.73. The predicted octanol–water partition coefficient (Wildman–Crippen LogP) is 15.2. The van der Waals surface area contributed by atoms with E-state index in [9.17, 15) is 44.4 Å². The van der Waals surface area contributed by atoms with E-state index in [1.54, 1.807) is 92.8 Å². The molecule has 4 aromatic heterocycles. The van der Waals surface area contributed by atoms with Crippen molar-refractivity contribution in [1.29, 1.82) is 0 Å². The molecule has 8 aromatic rings. The van der Waals surface area contributed by atoms with Gasteiger partial charge in [-0.15, -0.1) is 22.7 Å². The summed E-state index contributed by atoms with van der Waals surface area (Å²) in [5.41, 5.74) is 3.86. The first-order chi connectivity index (χ1) is 53.3. The largest absolute Gasteiger partial charge is 0.491 e. The number of pyridine rings is 2. The molecule has 1 aliphatic carbocycles. The molecule has 0 spiro atoms. The lowest BCUT2D eigenvalue weighted by Crippen LogP contribution is -2.46. The van der Waals surface area contributed by atoms with Crippen LogP contribution in [0.4, 0.5) is 22.5 Å². The third-order valence-corrected chi connectivity index (χ3v) is 24.7. The number of anilines is 4. The van der Waals surface area contributed by atoms with E-state index in [1.807, 2.05) is 72.7 Å². The van der Waals surface area contributed by atoms with Crippen LogP contribution >= 0.6 is 34.3 Å². The number of carbonyl (C=O) groups is 4. The molecule has 3 aliphatic heterocycles. The molecule has 0 saturated heterocycles. The number of amides is 4. The number of hydrogen-bond acceptors (Lipinski definition) is 21. The fourth-order valence-electron chi connectivity index (χ4n) is 12.6. The number of ether oxygens (including phenoxy) is 5. The minimum absolute atomic E-state index is 0.0278. The molecule has 0 radical (unpaired) electrons. The fraction of sp³-hybridized carbons (Fsp3) is 0.370. The van der Waals surface area contributed by atoms with E-state index in [1.165, 1.54) is 100 Å². The molecule has 12 rings (SSSR count). The number of nitrogens with zero attached hydrogens (tertiary/aromatic N) is 7. The van der Waals surface area contributed by atoms with Crippen molar-refractivity contribution in [3.63, 3.8) is 0 Å². The lowest BCUT2D eigenvalue weighted by molar-refractivity contribution is -0.146. The number of sulfonamides is 3. The van der Waals surface area contributed by atoms with Crippen LogP contribution in [0.25, 0.3) is 17.3 Å². The summed E-state index contributed by atoms with van der Waals surface area (Å²) >= 11 is 8.39. The molecule has 0 unspecified atom stereocenters. The van der Waals surface area contributed by atoms with Gasteiger partial charge in [0.15, 0.2) is 39.5 Å². The van der Waals surface area contributed by atoms with Gasteiger partial charge < -0.3 is 44.5 Å². The predicted molar refractivity (Wildman–Crippen MR) is 444 cm³/mol. The highest BCUT2D eigenvalue weighted by molar-refractivity contribution is 7.90. The molecule has 4 aromatic carbocycles. The van der Waals surface area contributed by atoms with Gasteiger partial charge >= 0.3 is 0 Å². The van der Waals surface area contributed by atoms with Gasteiger partial charge in [-0.1, -0.05) is 90.7 Å². The molecule has 0 bridgehead atoms. The molecule has 4 aliphatic rings. The van der Waals surface area contributed by atoms with Crippen LogP contribution in [0.15, 0.2) is 190 Å². The van der Waals surface area contributed by atoms with Crippen molar-refractivity contribution in [2.24, 2.45) is 5.92 Å². The molecule has 7 heterocycles. The van der Waals surface area contributed by atoms with Crippen molar-refractivity contribution in [3.8, 4) is 5.75 Å². The van der Waals surface area contributed by atoms with Gasteiger partial charge in [0.05, 0.1) is 55.1 Å². The standard InChI is InChI=1S/C19H31NO.C18H19N3O4S.C17H19N3O4S2.C16H16ClN3O4S2.C11H15NO2/c1-15(2)21-19(17-11-8-9-16(3)13-17)12-7-6-10-18(19)14-20(4)5;1-12(2)25-17-13-8-4-5-9-14(13)26(23,24)21(3)16(17)18(22)20-15-10-6-7-11-19-15;1-10(2)24-15-12-7-5-6-8-13(12)26(22,23)20(4)14(15)16(21)19-17-18-9-11(3)25-17;1-9(2)24-14-13(16(21)19-12-6-4-5-7-18-12)20(3)26(22,23)10-8-11(17)25-15(10)14;1-8(2)14-11-6-4-10(5-7-11)12-9(3)13/h8-9,11,13,15,18H,6-7,10,12,14H2,1-5H3;4-12H,1-3H3,(H,19,20,22);5-10H,1-4H3,(H,18,19,21);4-9H,1-3H3,(H,18,19,21);4-8H,1-3H3,(H,12,13)/t18-,19+;;;;/m1..../s1. The van der Waals surface area contributed by atoms with Crippen molar-refractivity contribution in [2.45, 2.75) is 166 Å². The Morgan fingerprint density at radius 2 is 1.01 bits per heavy atom. The number of fused-ring (bicyclic) bond motifs is 3. The minimum Gasteiger partial charge on any atom is -0.491 e. The second kappa shape index (κ2) is 38.9. The summed E-state index contributed by atoms with van der Waals surface area (Å²) in [7, 11) is -3.30. The van der Waals surface area contributed by atoms with E-state index in [0.717, 1.165) is 53.5 Å². The zero-order valence-electron chi connectivity index (χ0n) is 66.7. The molecule has 26 nitrogen and oxygen atoms in total. The van der Waals surface area contributed by atoms with Crippen LogP contribution in [0, 0.1) is 19.8 Å². The highest BCUT2D eigenvalue weighted by Gasteiger charge is 2.46. The highest BCUT2D eigenvalue weighted by Crippen LogP contribution is 2.48. The molecule has 606 valence electrons. The van der Waals surface area contributed by atoms with Crippen LogP contribution in [-0.2, 0) is 73.8 Å². The SMILES string of the molecule is CC(=O)Nc1ccc(OC(C)C)cc1.CC(C)OC1=C(C(=O)Nc2ccccn2)N(C)S(=O)(=O)c2cc(Cl)sc21.CC(C)OC1=C(C(=O)Nc2ccccn2)N(C)S(=O)(=O)c2ccccc21.Cc1cccc([C@@]2(OC(C)C)CCCC[C@@H]2CN(C)C)c1.Cc1cnc(NC(=O)C2=C(OC(C)C)c3ccccc3S(=O)(=O)N2C)s1. The summed E-state index contributed by atoms with van der Waals surface area (Å²) in [6, 6.07) is 40.7. The number of benzene rings is 4. The molecule has 113 heavy (non-hydrogen) atoms. The summed E-state index contributed by atoms with van der Waals surface area (Å²) in [4.78, 5) is 65.3. The van der Waals surface area contributed by atoms with E-state index in [4.69, 9.17) is 35.3 Å². The van der Waals surface area contributed by atoms with Gasteiger partial charge in [0.25, 0.3) is 47.8 Å². The third-order valence-electron chi connectivity index (χ3n) is 17.1. The number of hydrogen-bond donors (Lipinski definition) is 4. The van der Waals surface area contributed by atoms with E-state index in [2.05, 4.69) is 100 Å². The van der Waals surface area contributed by atoms with Gasteiger partial charge in [0.1, 0.15) is 22.3 Å². The maximum atomic E-state index is 12.9. The first kappa shape index (κ1) is 88.8. The average Bonchev–Trinajstić information content (AvgIpc) is 1.73. The number of rotatable bonds is 20. The van der Waals surface area contributed by atoms with Crippen molar-refractivity contribution in [2.75, 3.05) is 63.1 Å². The summed E-state index contributed by atoms with van der Waals surface area (Å²) in [6.45, 7) is 25.7. The minimum atomic E-state index is -3.91. The number of aromatic nitrogens is 3. The van der Waals surface area contributed by atoms with Gasteiger partial charge in [0.2, 0.25) is 5.91 Å². The fourth-order valence-corrected chi connectivity index (χ4v) is 19.0. The lowest BCUT2D eigenvalue weighted by Gasteiger charge is -2.46. The summed E-state index contributed by atoms with van der Waals surface area (Å²) in [5.74, 6) is 0.740. The van der Waals surface area contributed by atoms with Gasteiger partial charge in [-0.25, -0.2) is 40.2 Å². The number of thiophene rings is 1. The zero-order valence-corrected chi connectivity index (χ0v) is 71.5. The molecule has 4 amide bonds. The Bertz CT molecular complexity index is 5130. The van der Waals surface area contributed by atoms with Crippen LogP contribution < -0.4 is 26.0 Å². The van der Waals surface area contributed by atoms with Gasteiger partial charge in [-0.2, -0.15) is 0 Å². The number of nitrogens with one attached hydrogen (secondary N) is 4. The quantitative estimate of drug-likeness (QED) is 0.0551. The van der Waals surface area contributed by atoms with Gasteiger partial charge in [-0.05, 0) is 194 Å². The summed E-state index contributed by atoms with van der Waals surface area (Å²) in [5, 5.41) is 11.0. The molecule has 4 N–H and O–H groups in total. The Balaban J connectivity index is 0.000000179. The smallest absolute Gasteiger partial charge is 0.278 e. The van der Waals surface area contributed by atoms with Crippen molar-refractivity contribution in [3.05, 3.63) is 212 Å². The highest BCUT2D eigenvalue weighted by atomic mass is 35.5. The summed E-state index contributed by atoms with van der Waals surface area (Å²) in [6.07, 6.45) is 9.36. The number of carbonyl (C=O) groups excluding carboxylic acids is 4. The van der Waals surface area contributed by atoms with Crippen LogP contribution in [0.1, 0.15) is 134 Å². The maximum Gasteiger partial charge on any atom is 0.278 e. The number of aryl methyl sites for hydroxylation is 2. The van der Waals surface area contributed by atoms with Crippen LogP contribution in [-0.4, -0.2) is 154 Å². The first-order valence-corrected chi connectivity index (χ1v) is 42.9. The van der Waals surface area contributed by atoms with Gasteiger partial charge in [-0.3, -0.25) is 37.4 Å². The summed E-state index contributed by atoms with van der Waals surface area (Å²) < 4.78 is 110. The second-order valence-electron chi connectivity index (χ2n) is 28.3. The van der Waals surface area contributed by atoms with Crippen molar-refractivity contribution in [1.82, 2.24) is 32.8 Å². The zero-order chi connectivity index (χ0) is 83.0. The molecular weight excluding hydrogens is 1560 g/mol. The number of thiazole rings is 1. The molecule has 1 fully saturated rings. The lowest BCUT2D eigenvalue weighted by atomic mass is 9.70. The van der Waals surface area contributed by atoms with E-state index in [-0.39, 0.29) is 91.1 Å². The Morgan fingerprint density at radius 3 is 1.45 bits per heavy atom. The molecule has 2 atom stereocenters. The number of halogens is 1. The van der Waals surface area contributed by atoms with Crippen LogP contribution in [0.3, 0.4) is 0 Å². The molecule has 1 saturated carbocycles. The molecule has 32 heteroatoms. The van der Waals surface area contributed by atoms with E-state index >= 15 is 0 Å². The Labute approximate surface area is 676 Å². The Morgan fingerprint density at radius 1 is 0.540 bits per heavy atom. The monoisotopic (exact) mass is 1660 g/mol. The average molecular weight is 1660 g/mol. The van der Waals surface area contributed by atoms with Crippen LogP contribution in [0.2, 0.25) is 4.34 Å². The van der Waals surface area contributed by atoms with E-state index in [0.29, 0.717) is 43.0 Å². The topological polar surface area (TPSA) is 317 Å². The van der Waals surface area contributed by atoms with Crippen LogP contribution in [0.5, 0.6) is 5.75 Å². The van der Waals surface area contributed by atoms with Crippen molar-refractivity contribution < 1.29 is 68.1 Å². The van der Waals surface area contributed by atoms with Gasteiger partial charge in [0, 0.05) is 80.8 Å².